The molecule has 0 atom stereocenters. The van der Waals surface area contributed by atoms with Crippen molar-refractivity contribution >= 4 is 17.5 Å². The van der Waals surface area contributed by atoms with E-state index in [1.165, 1.54) is 6.20 Å². The van der Waals surface area contributed by atoms with Gasteiger partial charge in [0.05, 0.1) is 6.54 Å². The van der Waals surface area contributed by atoms with E-state index < -0.39 is 11.2 Å². The van der Waals surface area contributed by atoms with Crippen LogP contribution in [0.4, 0.5) is 0 Å². The molecule has 1 fully saturated rings. The van der Waals surface area contributed by atoms with Gasteiger partial charge in [-0.1, -0.05) is 36.7 Å². The van der Waals surface area contributed by atoms with Crippen LogP contribution in [-0.4, -0.2) is 58.0 Å². The van der Waals surface area contributed by atoms with Crippen LogP contribution in [0.15, 0.2) is 40.1 Å². The first-order valence-electron chi connectivity index (χ1n) is 8.58. The minimum Gasteiger partial charge on any atom is -0.336 e. The highest BCUT2D eigenvalue weighted by molar-refractivity contribution is 6.31. The first kappa shape index (κ1) is 18.4. The van der Waals surface area contributed by atoms with Crippen LogP contribution < -0.4 is 11.2 Å². The van der Waals surface area contributed by atoms with Crippen LogP contribution in [0.25, 0.3) is 0 Å². The van der Waals surface area contributed by atoms with Crippen molar-refractivity contribution in [2.75, 3.05) is 32.7 Å². The number of amides is 1. The number of aromatic nitrogens is 2. The third kappa shape index (κ3) is 3.73. The molecule has 0 spiro atoms. The number of halogens is 1. The maximum Gasteiger partial charge on any atom is 0.328 e. The van der Waals surface area contributed by atoms with Crippen LogP contribution in [0.1, 0.15) is 22.8 Å². The average molecular weight is 377 g/mol. The average Bonchev–Trinajstić information content (AvgIpc) is 2.66. The summed E-state index contributed by atoms with van der Waals surface area (Å²) in [5.41, 5.74) is -0.552. The molecule has 1 aromatic heterocycles. The van der Waals surface area contributed by atoms with E-state index in [-0.39, 0.29) is 18.0 Å². The van der Waals surface area contributed by atoms with Crippen molar-refractivity contribution in [3.8, 4) is 0 Å². The number of rotatable bonds is 4. The van der Waals surface area contributed by atoms with Gasteiger partial charge in [0.15, 0.2) is 0 Å². The molecular weight excluding hydrogens is 356 g/mol. The van der Waals surface area contributed by atoms with Gasteiger partial charge in [-0.25, -0.2) is 4.79 Å². The normalized spacial score (nSPS) is 15.2. The van der Waals surface area contributed by atoms with Gasteiger partial charge in [-0.2, -0.15) is 0 Å². The van der Waals surface area contributed by atoms with Crippen molar-refractivity contribution in [1.29, 1.82) is 0 Å². The minimum absolute atomic E-state index is 0.0125. The second-order valence-electron chi connectivity index (χ2n) is 6.22. The van der Waals surface area contributed by atoms with Crippen LogP contribution in [0.5, 0.6) is 0 Å². The SMILES string of the molecule is CCN1CCN(C(=O)c2c[nH]c(=O)n(Cc3ccccc3Cl)c2=O)CC1. The summed E-state index contributed by atoms with van der Waals surface area (Å²) in [7, 11) is 0. The molecule has 7 nitrogen and oxygen atoms in total. The summed E-state index contributed by atoms with van der Waals surface area (Å²) < 4.78 is 1.01. The van der Waals surface area contributed by atoms with Gasteiger partial charge in [-0.3, -0.25) is 14.2 Å². The number of likely N-dealkylation sites (N-methyl/N-ethyl adjacent to an activating group) is 1. The highest BCUT2D eigenvalue weighted by Gasteiger charge is 2.24. The predicted octanol–water partition coefficient (Wildman–Crippen LogP) is 1.02. The third-order valence-electron chi connectivity index (χ3n) is 4.68. The molecule has 0 radical (unpaired) electrons. The number of hydrogen-bond donors (Lipinski definition) is 1. The standard InChI is InChI=1S/C18H21ClN4O3/c1-2-21-7-9-22(10-8-21)16(24)14-11-20-18(26)23(17(14)25)12-13-5-3-4-6-15(13)19/h3-6,11H,2,7-10,12H2,1H3,(H,20,26). The number of hydrogen-bond acceptors (Lipinski definition) is 4. The molecule has 26 heavy (non-hydrogen) atoms. The van der Waals surface area contributed by atoms with Crippen molar-refractivity contribution < 1.29 is 4.79 Å². The Hall–Kier alpha value is -2.38. The molecule has 2 aromatic rings. The maximum atomic E-state index is 12.8. The van der Waals surface area contributed by atoms with Crippen molar-refractivity contribution in [1.82, 2.24) is 19.4 Å². The number of nitrogens with one attached hydrogen (secondary N) is 1. The molecule has 8 heteroatoms. The lowest BCUT2D eigenvalue weighted by atomic mass is 10.2. The third-order valence-corrected chi connectivity index (χ3v) is 5.05. The molecule has 0 unspecified atom stereocenters. The molecule has 1 aliphatic rings. The van der Waals surface area contributed by atoms with Gasteiger partial charge in [0.1, 0.15) is 5.56 Å². The lowest BCUT2D eigenvalue weighted by Crippen LogP contribution is -2.50. The molecule has 1 aromatic carbocycles. The topological polar surface area (TPSA) is 78.4 Å². The second kappa shape index (κ2) is 7.88. The van der Waals surface area contributed by atoms with Gasteiger partial charge in [-0.15, -0.1) is 0 Å². The summed E-state index contributed by atoms with van der Waals surface area (Å²) in [6, 6.07) is 6.99. The number of aromatic amines is 1. The zero-order valence-corrected chi connectivity index (χ0v) is 15.3. The fourth-order valence-electron chi connectivity index (χ4n) is 3.04. The molecule has 1 aliphatic heterocycles. The van der Waals surface area contributed by atoms with E-state index in [0.717, 1.165) is 24.2 Å². The van der Waals surface area contributed by atoms with E-state index in [1.807, 2.05) is 0 Å². The van der Waals surface area contributed by atoms with Crippen molar-refractivity contribution in [3.05, 3.63) is 67.4 Å². The molecule has 1 N–H and O–H groups in total. The van der Waals surface area contributed by atoms with Crippen molar-refractivity contribution in [2.24, 2.45) is 0 Å². The van der Waals surface area contributed by atoms with Gasteiger partial charge >= 0.3 is 5.69 Å². The van der Waals surface area contributed by atoms with E-state index in [4.69, 9.17) is 11.6 Å². The molecule has 0 bridgehead atoms. The Labute approximate surface area is 155 Å². The molecule has 138 valence electrons. The molecule has 0 aliphatic carbocycles. The zero-order chi connectivity index (χ0) is 18.7. The van der Waals surface area contributed by atoms with Crippen LogP contribution >= 0.6 is 11.6 Å². The van der Waals surface area contributed by atoms with E-state index >= 15 is 0 Å². The number of benzene rings is 1. The largest absolute Gasteiger partial charge is 0.336 e. The first-order valence-corrected chi connectivity index (χ1v) is 8.96. The van der Waals surface area contributed by atoms with E-state index in [2.05, 4.69) is 16.8 Å². The lowest BCUT2D eigenvalue weighted by Gasteiger charge is -2.33. The quantitative estimate of drug-likeness (QED) is 0.864. The lowest BCUT2D eigenvalue weighted by molar-refractivity contribution is 0.0640. The molecular formula is C18H21ClN4O3. The molecule has 1 amide bonds. The number of piperazine rings is 1. The molecule has 1 saturated heterocycles. The molecule has 3 rings (SSSR count). The van der Waals surface area contributed by atoms with E-state index in [9.17, 15) is 14.4 Å². The van der Waals surface area contributed by atoms with Gasteiger partial charge < -0.3 is 14.8 Å². The Morgan fingerprint density at radius 2 is 1.85 bits per heavy atom. The highest BCUT2D eigenvalue weighted by Crippen LogP contribution is 2.15. The highest BCUT2D eigenvalue weighted by atomic mass is 35.5. The fraction of sp³-hybridized carbons (Fsp3) is 0.389. The summed E-state index contributed by atoms with van der Waals surface area (Å²) in [5.74, 6) is -0.352. The monoisotopic (exact) mass is 376 g/mol. The summed E-state index contributed by atoms with van der Waals surface area (Å²) in [5, 5.41) is 0.464. The summed E-state index contributed by atoms with van der Waals surface area (Å²) in [4.78, 5) is 44.0. The number of nitrogens with zero attached hydrogens (tertiary/aromatic N) is 3. The van der Waals surface area contributed by atoms with Crippen LogP contribution in [0, 0.1) is 0 Å². The Bertz CT molecular complexity index is 913. The number of carbonyl (C=O) groups is 1. The number of H-pyrrole nitrogens is 1. The fourth-order valence-corrected chi connectivity index (χ4v) is 3.24. The summed E-state index contributed by atoms with van der Waals surface area (Å²) >= 11 is 6.12. The smallest absolute Gasteiger partial charge is 0.328 e. The van der Waals surface area contributed by atoms with Gasteiger partial charge in [0, 0.05) is 37.4 Å². The first-order chi connectivity index (χ1) is 12.5. The Balaban J connectivity index is 1.88. The van der Waals surface area contributed by atoms with Gasteiger partial charge in [0.2, 0.25) is 0 Å². The molecule has 2 heterocycles. The summed E-state index contributed by atoms with van der Waals surface area (Å²) in [6.45, 7) is 5.71. The Morgan fingerprint density at radius 3 is 2.50 bits per heavy atom. The Kier molecular flexibility index (Phi) is 5.58. The second-order valence-corrected chi connectivity index (χ2v) is 6.62. The summed E-state index contributed by atoms with van der Waals surface area (Å²) in [6.07, 6.45) is 1.21. The van der Waals surface area contributed by atoms with Crippen LogP contribution in [0.3, 0.4) is 0 Å². The van der Waals surface area contributed by atoms with Crippen molar-refractivity contribution in [2.45, 2.75) is 13.5 Å². The van der Waals surface area contributed by atoms with Crippen molar-refractivity contribution in [3.63, 3.8) is 0 Å². The zero-order valence-electron chi connectivity index (χ0n) is 14.6. The van der Waals surface area contributed by atoms with E-state index in [0.29, 0.717) is 23.7 Å². The minimum atomic E-state index is -0.600. The Morgan fingerprint density at radius 1 is 1.15 bits per heavy atom. The molecule has 0 saturated carbocycles. The predicted molar refractivity (Wildman–Crippen MR) is 99.9 cm³/mol. The van der Waals surface area contributed by atoms with Gasteiger partial charge in [0.25, 0.3) is 11.5 Å². The maximum absolute atomic E-state index is 12.8. The van der Waals surface area contributed by atoms with Crippen LogP contribution in [0.2, 0.25) is 5.02 Å². The van der Waals surface area contributed by atoms with Crippen LogP contribution in [-0.2, 0) is 6.54 Å². The van der Waals surface area contributed by atoms with E-state index in [1.54, 1.807) is 29.2 Å². The number of carbonyl (C=O) groups excluding carboxylic acids is 1. The van der Waals surface area contributed by atoms with Gasteiger partial charge in [-0.05, 0) is 18.2 Å².